The number of aromatic nitrogens is 2. The summed E-state index contributed by atoms with van der Waals surface area (Å²) in [6.45, 7) is 2.09. The molecule has 1 amide bonds. The molecule has 0 radical (unpaired) electrons. The van der Waals surface area contributed by atoms with E-state index in [1.165, 1.54) is 24.5 Å². The Kier molecular flexibility index (Phi) is 8.60. The molecule has 2 heterocycles. The average molecular weight is 496 g/mol. The SMILES string of the molecule is CCCCCCCCc1ccc(N(C(=O)O)c2nc(-c3cccnc3)c(F)s2)cc1C(F)(F)F. The summed E-state index contributed by atoms with van der Waals surface area (Å²) in [7, 11) is 0. The van der Waals surface area contributed by atoms with E-state index in [1.807, 2.05) is 0 Å². The molecule has 0 saturated carbocycles. The lowest BCUT2D eigenvalue weighted by molar-refractivity contribution is -0.138. The lowest BCUT2D eigenvalue weighted by atomic mass is 9.99. The van der Waals surface area contributed by atoms with Gasteiger partial charge < -0.3 is 5.11 Å². The van der Waals surface area contributed by atoms with Crippen LogP contribution < -0.4 is 4.90 Å². The van der Waals surface area contributed by atoms with Crippen molar-refractivity contribution in [3.8, 4) is 11.3 Å². The van der Waals surface area contributed by atoms with Crippen molar-refractivity contribution in [2.75, 3.05) is 4.90 Å². The van der Waals surface area contributed by atoms with Gasteiger partial charge in [0.25, 0.3) is 0 Å². The fraction of sp³-hybridized carbons (Fsp3) is 0.375. The minimum Gasteiger partial charge on any atom is -0.464 e. The molecule has 0 saturated heterocycles. The van der Waals surface area contributed by atoms with Gasteiger partial charge in [0.1, 0.15) is 5.69 Å². The number of benzene rings is 1. The van der Waals surface area contributed by atoms with Crippen molar-refractivity contribution in [1.29, 1.82) is 0 Å². The quantitative estimate of drug-likeness (QED) is 0.228. The number of thiazole rings is 1. The number of aryl methyl sites for hydroxylation is 1. The van der Waals surface area contributed by atoms with Crippen LogP contribution in [-0.2, 0) is 12.6 Å². The van der Waals surface area contributed by atoms with E-state index in [4.69, 9.17) is 0 Å². The maximum atomic E-state index is 14.5. The summed E-state index contributed by atoms with van der Waals surface area (Å²) >= 11 is 0.440. The van der Waals surface area contributed by atoms with Crippen molar-refractivity contribution in [2.45, 2.75) is 58.0 Å². The highest BCUT2D eigenvalue weighted by molar-refractivity contribution is 7.14. The number of pyridine rings is 1. The van der Waals surface area contributed by atoms with Gasteiger partial charge in [0.2, 0.25) is 10.3 Å². The fourth-order valence-electron chi connectivity index (χ4n) is 3.65. The highest BCUT2D eigenvalue weighted by atomic mass is 32.1. The second-order valence-corrected chi connectivity index (χ2v) is 8.76. The number of amides is 1. The molecule has 1 N–H and O–H groups in total. The molecule has 5 nitrogen and oxygen atoms in total. The first-order valence-electron chi connectivity index (χ1n) is 11.0. The smallest absolute Gasteiger partial charge is 0.418 e. The van der Waals surface area contributed by atoms with E-state index >= 15 is 0 Å². The van der Waals surface area contributed by atoms with E-state index in [2.05, 4.69) is 16.9 Å². The van der Waals surface area contributed by atoms with Crippen LogP contribution in [0.15, 0.2) is 42.7 Å². The van der Waals surface area contributed by atoms with Gasteiger partial charge >= 0.3 is 12.3 Å². The molecule has 3 aromatic rings. The number of halogens is 4. The first-order chi connectivity index (χ1) is 16.2. The molecular formula is C24H25F4N3O2S. The Labute approximate surface area is 199 Å². The number of hydrogen-bond donors (Lipinski definition) is 1. The molecular weight excluding hydrogens is 470 g/mol. The zero-order valence-electron chi connectivity index (χ0n) is 18.6. The number of carbonyl (C=O) groups is 1. The fourth-order valence-corrected chi connectivity index (χ4v) is 4.48. The first kappa shape index (κ1) is 25.6. The predicted molar refractivity (Wildman–Crippen MR) is 124 cm³/mol. The maximum Gasteiger partial charge on any atom is 0.418 e. The lowest BCUT2D eigenvalue weighted by Gasteiger charge is -2.20. The van der Waals surface area contributed by atoms with E-state index in [1.54, 1.807) is 12.1 Å². The number of nitrogens with zero attached hydrogens (tertiary/aromatic N) is 3. The van der Waals surface area contributed by atoms with Gasteiger partial charge in [0.05, 0.1) is 11.3 Å². The van der Waals surface area contributed by atoms with Crippen molar-refractivity contribution in [3.05, 3.63) is 59.0 Å². The molecule has 34 heavy (non-hydrogen) atoms. The van der Waals surface area contributed by atoms with Crippen molar-refractivity contribution in [1.82, 2.24) is 9.97 Å². The van der Waals surface area contributed by atoms with Gasteiger partial charge in [-0.15, -0.1) is 0 Å². The number of rotatable bonds is 10. The molecule has 3 rings (SSSR count). The molecule has 0 aliphatic carbocycles. The number of unbranched alkanes of at least 4 members (excludes halogenated alkanes) is 5. The number of alkyl halides is 3. The Morgan fingerprint density at radius 3 is 2.50 bits per heavy atom. The molecule has 10 heteroatoms. The molecule has 0 aliphatic heterocycles. The minimum absolute atomic E-state index is 0.110. The van der Waals surface area contributed by atoms with Gasteiger partial charge in [-0.3, -0.25) is 4.98 Å². The Hall–Kier alpha value is -3.01. The summed E-state index contributed by atoms with van der Waals surface area (Å²) in [4.78, 5) is 20.5. The van der Waals surface area contributed by atoms with Crippen molar-refractivity contribution in [3.63, 3.8) is 0 Å². The molecule has 0 aliphatic rings. The molecule has 1 aromatic carbocycles. The lowest BCUT2D eigenvalue weighted by Crippen LogP contribution is -2.24. The molecule has 0 spiro atoms. The molecule has 0 atom stereocenters. The van der Waals surface area contributed by atoms with Crippen LogP contribution in [0.25, 0.3) is 11.3 Å². The van der Waals surface area contributed by atoms with Crippen LogP contribution in [0.1, 0.15) is 56.6 Å². The van der Waals surface area contributed by atoms with Gasteiger partial charge in [0.15, 0.2) is 0 Å². The van der Waals surface area contributed by atoms with Crippen LogP contribution in [0.5, 0.6) is 0 Å². The summed E-state index contributed by atoms with van der Waals surface area (Å²) < 4.78 is 56.0. The maximum absolute atomic E-state index is 14.5. The van der Waals surface area contributed by atoms with E-state index in [0.29, 0.717) is 28.2 Å². The van der Waals surface area contributed by atoms with Crippen LogP contribution >= 0.6 is 11.3 Å². The summed E-state index contributed by atoms with van der Waals surface area (Å²) in [5, 5.41) is 8.68. The second kappa shape index (κ2) is 11.4. The van der Waals surface area contributed by atoms with Gasteiger partial charge in [-0.2, -0.15) is 17.6 Å². The zero-order chi connectivity index (χ0) is 24.7. The standard InChI is InChI=1S/C24H25F4N3O2S/c1-2-3-4-5-6-7-9-16-11-12-18(14-19(16)24(26,27)28)31(23(32)33)22-30-20(21(25)34-22)17-10-8-13-29-15-17/h8,10-15H,2-7,9H2,1H3,(H,32,33). The van der Waals surface area contributed by atoms with Crippen LogP contribution in [0, 0.1) is 5.13 Å². The summed E-state index contributed by atoms with van der Waals surface area (Å²) in [5.41, 5.74) is -0.820. The highest BCUT2D eigenvalue weighted by Crippen LogP contribution is 2.39. The number of carboxylic acid groups (broad SMARTS) is 1. The van der Waals surface area contributed by atoms with Crippen LogP contribution in [0.2, 0.25) is 0 Å². The van der Waals surface area contributed by atoms with Gasteiger partial charge in [-0.25, -0.2) is 14.7 Å². The molecule has 2 aromatic heterocycles. The summed E-state index contributed by atoms with van der Waals surface area (Å²) in [6, 6.07) is 6.52. The Morgan fingerprint density at radius 1 is 1.12 bits per heavy atom. The molecule has 0 fully saturated rings. The second-order valence-electron chi connectivity index (χ2n) is 7.84. The summed E-state index contributed by atoms with van der Waals surface area (Å²) in [6.07, 6.45) is 2.53. The zero-order valence-corrected chi connectivity index (χ0v) is 19.4. The Morgan fingerprint density at radius 2 is 1.85 bits per heavy atom. The van der Waals surface area contributed by atoms with Gasteiger partial charge in [-0.1, -0.05) is 56.4 Å². The molecule has 0 bridgehead atoms. The van der Waals surface area contributed by atoms with E-state index in [0.717, 1.165) is 38.2 Å². The van der Waals surface area contributed by atoms with Crippen LogP contribution in [0.3, 0.4) is 0 Å². The topological polar surface area (TPSA) is 66.3 Å². The van der Waals surface area contributed by atoms with E-state index in [9.17, 15) is 27.5 Å². The van der Waals surface area contributed by atoms with Crippen molar-refractivity contribution >= 4 is 28.2 Å². The Bertz CT molecular complexity index is 1100. The highest BCUT2D eigenvalue weighted by Gasteiger charge is 2.35. The number of anilines is 2. The van der Waals surface area contributed by atoms with Crippen molar-refractivity contribution < 1.29 is 27.5 Å². The minimum atomic E-state index is -4.66. The normalized spacial score (nSPS) is 11.6. The molecule has 0 unspecified atom stereocenters. The van der Waals surface area contributed by atoms with E-state index in [-0.39, 0.29) is 28.5 Å². The average Bonchev–Trinajstić information content (AvgIpc) is 3.17. The summed E-state index contributed by atoms with van der Waals surface area (Å²) in [5.74, 6) is 0. The molecule has 182 valence electrons. The largest absolute Gasteiger partial charge is 0.464 e. The third kappa shape index (κ3) is 6.31. The van der Waals surface area contributed by atoms with Gasteiger partial charge in [0, 0.05) is 18.0 Å². The van der Waals surface area contributed by atoms with Crippen LogP contribution in [-0.4, -0.2) is 21.2 Å². The Balaban J connectivity index is 1.90. The van der Waals surface area contributed by atoms with Crippen LogP contribution in [0.4, 0.5) is 33.2 Å². The number of hydrogen-bond acceptors (Lipinski definition) is 4. The third-order valence-electron chi connectivity index (χ3n) is 5.35. The third-order valence-corrected chi connectivity index (χ3v) is 6.18. The van der Waals surface area contributed by atoms with E-state index < -0.39 is 23.0 Å². The van der Waals surface area contributed by atoms with Gasteiger partial charge in [-0.05, 0) is 42.7 Å². The monoisotopic (exact) mass is 495 g/mol. The van der Waals surface area contributed by atoms with Crippen molar-refractivity contribution in [2.24, 2.45) is 0 Å². The first-order valence-corrected chi connectivity index (χ1v) is 11.8. The predicted octanol–water partition coefficient (Wildman–Crippen LogP) is 8.08.